The van der Waals surface area contributed by atoms with Crippen LogP contribution in [0, 0.1) is 57.7 Å². The largest absolute Gasteiger partial charge is 0.393 e. The zero-order chi connectivity index (χ0) is 22.6. The van der Waals surface area contributed by atoms with Crippen LogP contribution in [0.1, 0.15) is 113 Å². The monoisotopic (exact) mass is 428 g/mol. The predicted octanol–water partition coefficient (Wildman–Crippen LogP) is 8.27. The number of hydrogen-bond donors (Lipinski definition) is 1. The van der Waals surface area contributed by atoms with Gasteiger partial charge in [0.15, 0.2) is 0 Å². The molecule has 4 aliphatic carbocycles. The van der Waals surface area contributed by atoms with Crippen molar-refractivity contribution in [2.24, 2.45) is 57.7 Å². The lowest BCUT2D eigenvalue weighted by Crippen LogP contribution is -2.54. The molecule has 0 spiro atoms. The number of allylic oxidation sites excluding steroid dienone is 2. The van der Waals surface area contributed by atoms with Gasteiger partial charge in [0.25, 0.3) is 0 Å². The van der Waals surface area contributed by atoms with Crippen LogP contribution in [0.2, 0.25) is 0 Å². The van der Waals surface area contributed by atoms with Gasteiger partial charge in [0.05, 0.1) is 6.10 Å². The molecule has 31 heavy (non-hydrogen) atoms. The molecule has 1 nitrogen and oxygen atoms in total. The number of aliphatic hydroxyl groups is 1. The molecule has 4 fully saturated rings. The fourth-order valence-electron chi connectivity index (χ4n) is 9.36. The van der Waals surface area contributed by atoms with Gasteiger partial charge in [-0.05, 0) is 122 Å². The Labute approximate surface area is 193 Å². The van der Waals surface area contributed by atoms with E-state index in [-0.39, 0.29) is 6.10 Å². The summed E-state index contributed by atoms with van der Waals surface area (Å²) < 4.78 is 0. The van der Waals surface area contributed by atoms with Crippen molar-refractivity contribution in [3.05, 3.63) is 12.2 Å². The molecule has 0 aliphatic heterocycles. The Morgan fingerprint density at radius 2 is 1.61 bits per heavy atom. The second kappa shape index (κ2) is 8.48. The molecule has 10 atom stereocenters. The third kappa shape index (κ3) is 3.87. The average Bonchev–Trinajstić information content (AvgIpc) is 3.09. The number of aliphatic hydroxyl groups excluding tert-OH is 1. The fraction of sp³-hybridized carbons (Fsp3) is 0.933. The fourth-order valence-corrected chi connectivity index (χ4v) is 9.36. The molecular weight excluding hydrogens is 376 g/mol. The van der Waals surface area contributed by atoms with Crippen LogP contribution < -0.4 is 0 Å². The van der Waals surface area contributed by atoms with E-state index < -0.39 is 0 Å². The zero-order valence-corrected chi connectivity index (χ0v) is 21.8. The van der Waals surface area contributed by atoms with Gasteiger partial charge in [-0.1, -0.05) is 60.6 Å². The Kier molecular flexibility index (Phi) is 6.53. The summed E-state index contributed by atoms with van der Waals surface area (Å²) in [5.74, 6) is 5.87. The van der Waals surface area contributed by atoms with Gasteiger partial charge in [0.2, 0.25) is 0 Å². The maximum Gasteiger partial charge on any atom is 0.0543 e. The second-order valence-electron chi connectivity index (χ2n) is 13.5. The highest BCUT2D eigenvalue weighted by Gasteiger charge is 2.60. The van der Waals surface area contributed by atoms with Gasteiger partial charge in [-0.25, -0.2) is 0 Å². The quantitative estimate of drug-likeness (QED) is 0.437. The highest BCUT2D eigenvalue weighted by atomic mass is 16.3. The summed E-state index contributed by atoms with van der Waals surface area (Å²) in [6, 6.07) is 0. The van der Waals surface area contributed by atoms with Crippen LogP contribution in [0.25, 0.3) is 0 Å². The molecule has 0 amide bonds. The summed E-state index contributed by atoms with van der Waals surface area (Å²) in [4.78, 5) is 0. The molecule has 0 bridgehead atoms. The van der Waals surface area contributed by atoms with Gasteiger partial charge in [0.1, 0.15) is 0 Å². The number of fused-ring (bicyclic) bond motifs is 5. The molecule has 1 heteroatoms. The summed E-state index contributed by atoms with van der Waals surface area (Å²) >= 11 is 0. The predicted molar refractivity (Wildman–Crippen MR) is 133 cm³/mol. The Balaban J connectivity index is 1.51. The van der Waals surface area contributed by atoms with Gasteiger partial charge in [0, 0.05) is 0 Å². The van der Waals surface area contributed by atoms with Crippen LogP contribution in [-0.4, -0.2) is 11.2 Å². The van der Waals surface area contributed by atoms with E-state index in [0.717, 1.165) is 42.4 Å². The van der Waals surface area contributed by atoms with Crippen molar-refractivity contribution in [2.75, 3.05) is 0 Å². The van der Waals surface area contributed by atoms with Crippen LogP contribution in [-0.2, 0) is 0 Å². The van der Waals surface area contributed by atoms with Crippen molar-refractivity contribution in [1.29, 1.82) is 0 Å². The molecule has 0 aromatic heterocycles. The number of rotatable bonds is 5. The first-order valence-electron chi connectivity index (χ1n) is 13.9. The standard InChI is InChI=1S/C30H52O/c1-8-28(5,20(2)3)16-13-21(4)25-11-12-26-24-10-9-22-19-23(31)14-17-29(22,6)27(24)15-18-30(25,26)7/h13,16,20-27,31H,8-12,14-15,17-19H2,1-7H3. The number of hydrogen-bond acceptors (Lipinski definition) is 1. The Morgan fingerprint density at radius 1 is 0.935 bits per heavy atom. The molecule has 0 aromatic rings. The van der Waals surface area contributed by atoms with Crippen molar-refractivity contribution in [3.8, 4) is 0 Å². The molecule has 4 rings (SSSR count). The van der Waals surface area contributed by atoms with Crippen LogP contribution in [0.5, 0.6) is 0 Å². The van der Waals surface area contributed by atoms with Crippen LogP contribution >= 0.6 is 0 Å². The van der Waals surface area contributed by atoms with Crippen LogP contribution in [0.15, 0.2) is 12.2 Å². The van der Waals surface area contributed by atoms with Crippen LogP contribution in [0.3, 0.4) is 0 Å². The lowest BCUT2D eigenvalue weighted by molar-refractivity contribution is -0.128. The first kappa shape index (κ1) is 23.8. The van der Waals surface area contributed by atoms with E-state index in [2.05, 4.69) is 60.6 Å². The minimum atomic E-state index is -0.0216. The molecule has 10 unspecified atom stereocenters. The maximum atomic E-state index is 10.3. The minimum Gasteiger partial charge on any atom is -0.393 e. The summed E-state index contributed by atoms with van der Waals surface area (Å²) in [6.45, 7) is 17.4. The molecule has 4 aliphatic rings. The summed E-state index contributed by atoms with van der Waals surface area (Å²) in [6.07, 6.45) is 18.5. The van der Waals surface area contributed by atoms with E-state index in [1.54, 1.807) is 0 Å². The Morgan fingerprint density at radius 3 is 2.29 bits per heavy atom. The van der Waals surface area contributed by atoms with E-state index >= 15 is 0 Å². The second-order valence-corrected chi connectivity index (χ2v) is 13.5. The summed E-state index contributed by atoms with van der Waals surface area (Å²) in [5.41, 5.74) is 1.39. The zero-order valence-electron chi connectivity index (χ0n) is 21.8. The maximum absolute atomic E-state index is 10.3. The Bertz CT molecular complexity index is 665. The highest BCUT2D eigenvalue weighted by Crippen LogP contribution is 2.68. The van der Waals surface area contributed by atoms with E-state index in [1.165, 1.54) is 51.4 Å². The van der Waals surface area contributed by atoms with Gasteiger partial charge >= 0.3 is 0 Å². The highest BCUT2D eigenvalue weighted by molar-refractivity contribution is 5.12. The smallest absolute Gasteiger partial charge is 0.0543 e. The van der Waals surface area contributed by atoms with Crippen LogP contribution in [0.4, 0.5) is 0 Å². The first-order valence-corrected chi connectivity index (χ1v) is 13.9. The third-order valence-corrected chi connectivity index (χ3v) is 12.2. The molecule has 4 saturated carbocycles. The average molecular weight is 429 g/mol. The summed E-state index contributed by atoms with van der Waals surface area (Å²) in [7, 11) is 0. The molecule has 1 N–H and O–H groups in total. The van der Waals surface area contributed by atoms with Crippen molar-refractivity contribution >= 4 is 0 Å². The van der Waals surface area contributed by atoms with E-state index in [4.69, 9.17) is 0 Å². The van der Waals surface area contributed by atoms with Crippen molar-refractivity contribution in [2.45, 2.75) is 119 Å². The molecule has 0 aromatic carbocycles. The van der Waals surface area contributed by atoms with E-state index in [0.29, 0.717) is 28.1 Å². The van der Waals surface area contributed by atoms with E-state index in [9.17, 15) is 5.11 Å². The first-order chi connectivity index (χ1) is 14.5. The van der Waals surface area contributed by atoms with Gasteiger partial charge in [-0.15, -0.1) is 0 Å². The normalized spacial score (nSPS) is 48.2. The SMILES string of the molecule is CCC(C)(C=CC(C)C1CCC2C3CCC4CC(O)CCC4(C)C3CCC12C)C(C)C. The molecular formula is C30H52O. The lowest BCUT2D eigenvalue weighted by Gasteiger charge is -2.61. The molecule has 178 valence electrons. The van der Waals surface area contributed by atoms with Gasteiger partial charge in [-0.2, -0.15) is 0 Å². The third-order valence-electron chi connectivity index (χ3n) is 12.2. The van der Waals surface area contributed by atoms with Crippen molar-refractivity contribution < 1.29 is 5.11 Å². The van der Waals surface area contributed by atoms with Gasteiger partial charge < -0.3 is 5.11 Å². The minimum absolute atomic E-state index is 0.0216. The molecule has 0 radical (unpaired) electrons. The molecule has 0 saturated heterocycles. The van der Waals surface area contributed by atoms with Gasteiger partial charge in [-0.3, -0.25) is 0 Å². The van der Waals surface area contributed by atoms with Crippen molar-refractivity contribution in [1.82, 2.24) is 0 Å². The molecule has 0 heterocycles. The van der Waals surface area contributed by atoms with Crippen molar-refractivity contribution in [3.63, 3.8) is 0 Å². The Hall–Kier alpha value is -0.300. The van der Waals surface area contributed by atoms with E-state index in [1.807, 2.05) is 0 Å². The summed E-state index contributed by atoms with van der Waals surface area (Å²) in [5, 5.41) is 10.3. The topological polar surface area (TPSA) is 20.2 Å². The lowest BCUT2D eigenvalue weighted by atomic mass is 9.44.